The average Bonchev–Trinajstić information content (AvgIpc) is 2.47. The van der Waals surface area contributed by atoms with E-state index in [1.165, 1.54) is 6.08 Å². The maximum absolute atomic E-state index is 10.6. The van der Waals surface area contributed by atoms with Gasteiger partial charge in [0, 0.05) is 5.92 Å². The van der Waals surface area contributed by atoms with Crippen molar-refractivity contribution in [3.63, 3.8) is 0 Å². The third-order valence-electron chi connectivity index (χ3n) is 1.58. The van der Waals surface area contributed by atoms with Gasteiger partial charge in [-0.15, -0.1) is 4.99 Å². The summed E-state index contributed by atoms with van der Waals surface area (Å²) in [5.41, 5.74) is 0. The Bertz CT molecular complexity index is 181. The molecule has 1 rings (SSSR count). The van der Waals surface area contributed by atoms with Crippen LogP contribution in [0.15, 0.2) is 4.99 Å². The van der Waals surface area contributed by atoms with E-state index in [1.54, 1.807) is 0 Å². The molecule has 3 heteroatoms. The van der Waals surface area contributed by atoms with Crippen LogP contribution in [0.4, 0.5) is 0 Å². The fourth-order valence-corrected chi connectivity index (χ4v) is 0.794. The molecule has 9 heavy (non-hydrogen) atoms. The molecule has 0 bridgehead atoms. The summed E-state index contributed by atoms with van der Waals surface area (Å²) in [6.07, 6.45) is 2.11. The molecule has 0 aromatic carbocycles. The quantitative estimate of drug-likeness (QED) is 0.378. The van der Waals surface area contributed by atoms with Crippen molar-refractivity contribution in [1.29, 1.82) is 0 Å². The van der Waals surface area contributed by atoms with Crippen molar-refractivity contribution in [2.24, 2.45) is 16.8 Å². The van der Waals surface area contributed by atoms with E-state index >= 15 is 0 Å². The van der Waals surface area contributed by atoms with Gasteiger partial charge in [0.2, 0.25) is 6.08 Å². The second-order valence-electron chi connectivity index (χ2n) is 2.36. The molecular weight excluding hydrogens is 118 g/mol. The van der Waals surface area contributed by atoms with Gasteiger partial charge >= 0.3 is 0 Å². The summed E-state index contributed by atoms with van der Waals surface area (Å²) in [4.78, 5) is 23.1. The van der Waals surface area contributed by atoms with E-state index in [9.17, 15) is 9.59 Å². The highest BCUT2D eigenvalue weighted by molar-refractivity contribution is 5.85. The molecule has 1 saturated carbocycles. The van der Waals surface area contributed by atoms with Gasteiger partial charge in [0.25, 0.3) is 5.91 Å². The summed E-state index contributed by atoms with van der Waals surface area (Å²) in [5, 5.41) is 0. The molecule has 0 heterocycles. The first-order valence-electron chi connectivity index (χ1n) is 2.87. The molecule has 1 fully saturated rings. The Morgan fingerprint density at radius 2 is 2.33 bits per heavy atom. The molecule has 0 aromatic heterocycles. The SMILES string of the molecule is CC1CC1C(=O)N=C=O. The van der Waals surface area contributed by atoms with Gasteiger partial charge in [-0.3, -0.25) is 4.79 Å². The van der Waals surface area contributed by atoms with Crippen molar-refractivity contribution in [1.82, 2.24) is 0 Å². The lowest BCUT2D eigenvalue weighted by Gasteiger charge is -1.80. The standard InChI is InChI=1S/C6H7NO2/c1-4-2-5(4)6(9)7-3-8/h4-5H,2H2,1H3. The topological polar surface area (TPSA) is 46.5 Å². The first kappa shape index (κ1) is 6.17. The lowest BCUT2D eigenvalue weighted by molar-refractivity contribution is -0.119. The van der Waals surface area contributed by atoms with E-state index in [0.717, 1.165) is 6.42 Å². The molecule has 0 radical (unpaired) electrons. The lowest BCUT2D eigenvalue weighted by Crippen LogP contribution is -1.95. The number of nitrogens with zero attached hydrogens (tertiary/aromatic N) is 1. The average molecular weight is 125 g/mol. The Morgan fingerprint density at radius 1 is 1.78 bits per heavy atom. The summed E-state index contributed by atoms with van der Waals surface area (Å²) >= 11 is 0. The molecular formula is C6H7NO2. The first-order chi connectivity index (χ1) is 4.25. The van der Waals surface area contributed by atoms with Crippen LogP contribution in [0.25, 0.3) is 0 Å². The number of rotatable bonds is 1. The second-order valence-corrected chi connectivity index (χ2v) is 2.36. The monoisotopic (exact) mass is 125 g/mol. The Kier molecular flexibility index (Phi) is 1.45. The van der Waals surface area contributed by atoms with Crippen LogP contribution in [0.5, 0.6) is 0 Å². The fraction of sp³-hybridized carbons (Fsp3) is 0.667. The maximum atomic E-state index is 10.6. The predicted octanol–water partition coefficient (Wildman–Crippen LogP) is 0.505. The predicted molar refractivity (Wildman–Crippen MR) is 30.4 cm³/mol. The third-order valence-corrected chi connectivity index (χ3v) is 1.58. The first-order valence-corrected chi connectivity index (χ1v) is 2.87. The molecule has 3 nitrogen and oxygen atoms in total. The van der Waals surface area contributed by atoms with Crippen LogP contribution < -0.4 is 0 Å². The van der Waals surface area contributed by atoms with Gasteiger partial charge in [0.1, 0.15) is 0 Å². The summed E-state index contributed by atoms with van der Waals surface area (Å²) in [6.45, 7) is 1.96. The molecule has 1 aliphatic carbocycles. The number of isocyanates is 1. The Morgan fingerprint density at radius 3 is 2.67 bits per heavy atom. The van der Waals surface area contributed by atoms with Gasteiger partial charge in [-0.2, -0.15) is 0 Å². The van der Waals surface area contributed by atoms with Crippen LogP contribution in [-0.2, 0) is 9.59 Å². The van der Waals surface area contributed by atoms with Crippen LogP contribution in [0.1, 0.15) is 13.3 Å². The molecule has 0 spiro atoms. The van der Waals surface area contributed by atoms with Gasteiger partial charge in [-0.25, -0.2) is 4.79 Å². The van der Waals surface area contributed by atoms with Gasteiger partial charge < -0.3 is 0 Å². The summed E-state index contributed by atoms with van der Waals surface area (Å²) in [6, 6.07) is 0. The Balaban J connectivity index is 2.45. The normalized spacial score (nSPS) is 30.8. The zero-order valence-corrected chi connectivity index (χ0v) is 5.13. The van der Waals surface area contributed by atoms with Crippen LogP contribution in [0.2, 0.25) is 0 Å². The van der Waals surface area contributed by atoms with Crippen molar-refractivity contribution in [3.8, 4) is 0 Å². The highest BCUT2D eigenvalue weighted by Gasteiger charge is 2.38. The number of carbonyl (C=O) groups excluding carboxylic acids is 2. The molecule has 2 atom stereocenters. The largest absolute Gasteiger partial charge is 0.271 e. The molecule has 0 N–H and O–H groups in total. The number of hydrogen-bond donors (Lipinski definition) is 0. The molecule has 1 aliphatic rings. The van der Waals surface area contributed by atoms with Crippen molar-refractivity contribution < 1.29 is 9.59 Å². The zero-order valence-electron chi connectivity index (χ0n) is 5.13. The number of aliphatic imine (C=N–C) groups is 1. The highest BCUT2D eigenvalue weighted by atomic mass is 16.2. The van der Waals surface area contributed by atoms with Crippen LogP contribution >= 0.6 is 0 Å². The lowest BCUT2D eigenvalue weighted by atomic mass is 10.3. The minimum Gasteiger partial charge on any atom is -0.271 e. The third kappa shape index (κ3) is 1.24. The van der Waals surface area contributed by atoms with Crippen molar-refractivity contribution in [3.05, 3.63) is 0 Å². The van der Waals surface area contributed by atoms with Crippen molar-refractivity contribution in [2.45, 2.75) is 13.3 Å². The zero-order chi connectivity index (χ0) is 6.85. The molecule has 2 unspecified atom stereocenters. The summed E-state index contributed by atoms with van der Waals surface area (Å²) < 4.78 is 0. The fourth-order valence-electron chi connectivity index (χ4n) is 0.794. The van der Waals surface area contributed by atoms with E-state index in [4.69, 9.17) is 0 Å². The van der Waals surface area contributed by atoms with Gasteiger partial charge in [0.05, 0.1) is 0 Å². The molecule has 0 aliphatic heterocycles. The van der Waals surface area contributed by atoms with Crippen LogP contribution in [0.3, 0.4) is 0 Å². The molecule has 0 aromatic rings. The minimum absolute atomic E-state index is 0.0199. The Hall–Kier alpha value is -0.950. The van der Waals surface area contributed by atoms with Gasteiger partial charge in [0.15, 0.2) is 0 Å². The van der Waals surface area contributed by atoms with Gasteiger partial charge in [-0.05, 0) is 12.3 Å². The van der Waals surface area contributed by atoms with Crippen molar-refractivity contribution in [2.75, 3.05) is 0 Å². The molecule has 0 saturated heterocycles. The number of amides is 1. The Labute approximate surface area is 52.8 Å². The van der Waals surface area contributed by atoms with E-state index in [1.807, 2.05) is 6.92 Å². The second kappa shape index (κ2) is 2.11. The maximum Gasteiger partial charge on any atom is 0.259 e. The van der Waals surface area contributed by atoms with E-state index in [-0.39, 0.29) is 11.8 Å². The van der Waals surface area contributed by atoms with Crippen LogP contribution in [-0.4, -0.2) is 12.0 Å². The van der Waals surface area contributed by atoms with E-state index < -0.39 is 0 Å². The summed E-state index contributed by atoms with van der Waals surface area (Å²) in [5.74, 6) is 0.138. The number of hydrogen-bond acceptors (Lipinski definition) is 2. The molecule has 1 amide bonds. The summed E-state index contributed by atoms with van der Waals surface area (Å²) in [7, 11) is 0. The van der Waals surface area contributed by atoms with Crippen LogP contribution in [0, 0.1) is 11.8 Å². The smallest absolute Gasteiger partial charge is 0.259 e. The minimum atomic E-state index is -0.308. The van der Waals surface area contributed by atoms with Gasteiger partial charge in [-0.1, -0.05) is 6.92 Å². The number of carbonyl (C=O) groups is 1. The van der Waals surface area contributed by atoms with E-state index in [2.05, 4.69) is 4.99 Å². The van der Waals surface area contributed by atoms with E-state index in [0.29, 0.717) is 5.92 Å². The highest BCUT2D eigenvalue weighted by Crippen LogP contribution is 2.38. The molecule has 48 valence electrons. The van der Waals surface area contributed by atoms with Crippen molar-refractivity contribution >= 4 is 12.0 Å².